The molecule has 0 aliphatic heterocycles. The summed E-state index contributed by atoms with van der Waals surface area (Å²) in [4.78, 5) is 12.4. The molecule has 21 heavy (non-hydrogen) atoms. The highest BCUT2D eigenvalue weighted by molar-refractivity contribution is 6.18. The fourth-order valence-corrected chi connectivity index (χ4v) is 3.30. The van der Waals surface area contributed by atoms with Crippen molar-refractivity contribution in [3.63, 3.8) is 0 Å². The molecule has 4 nitrogen and oxygen atoms in total. The largest absolute Gasteiger partial charge is 0.497 e. The van der Waals surface area contributed by atoms with Crippen LogP contribution in [-0.2, 0) is 0 Å². The van der Waals surface area contributed by atoms with Gasteiger partial charge >= 0.3 is 0 Å². The zero-order valence-corrected chi connectivity index (χ0v) is 13.3. The summed E-state index contributed by atoms with van der Waals surface area (Å²) >= 11 is 5.97. The van der Waals surface area contributed by atoms with Crippen LogP contribution in [0.3, 0.4) is 0 Å². The van der Waals surface area contributed by atoms with Crippen molar-refractivity contribution in [2.45, 2.75) is 19.3 Å². The molecule has 2 rings (SSSR count). The lowest BCUT2D eigenvalue weighted by atomic mass is 9.98. The molecule has 0 heterocycles. The summed E-state index contributed by atoms with van der Waals surface area (Å²) in [5.74, 6) is 2.71. The van der Waals surface area contributed by atoms with Crippen molar-refractivity contribution in [2.24, 2.45) is 11.8 Å². The number of hydrogen-bond donors (Lipinski definition) is 1. The van der Waals surface area contributed by atoms with Crippen molar-refractivity contribution in [3.8, 4) is 11.5 Å². The molecule has 5 heteroatoms. The lowest BCUT2D eigenvalue weighted by Gasteiger charge is -2.18. The van der Waals surface area contributed by atoms with Gasteiger partial charge in [-0.3, -0.25) is 4.79 Å². The van der Waals surface area contributed by atoms with E-state index in [2.05, 4.69) is 5.32 Å². The first-order chi connectivity index (χ1) is 10.2. The third-order valence-corrected chi connectivity index (χ3v) is 4.59. The quantitative estimate of drug-likeness (QED) is 0.821. The predicted molar refractivity (Wildman–Crippen MR) is 83.4 cm³/mol. The number of carbonyl (C=O) groups excluding carboxylic acids is 1. The zero-order chi connectivity index (χ0) is 15.2. The van der Waals surface area contributed by atoms with E-state index in [0.717, 1.165) is 12.8 Å². The van der Waals surface area contributed by atoms with E-state index in [9.17, 15) is 4.79 Å². The number of rotatable bonds is 6. The smallest absolute Gasteiger partial charge is 0.255 e. The minimum absolute atomic E-state index is 0.133. The van der Waals surface area contributed by atoms with Gasteiger partial charge in [-0.15, -0.1) is 11.6 Å². The van der Waals surface area contributed by atoms with E-state index in [1.165, 1.54) is 6.42 Å². The van der Waals surface area contributed by atoms with Crippen LogP contribution in [-0.4, -0.2) is 32.6 Å². The van der Waals surface area contributed by atoms with Crippen LogP contribution >= 0.6 is 11.6 Å². The molecule has 0 spiro atoms. The number of halogens is 1. The van der Waals surface area contributed by atoms with Crippen molar-refractivity contribution < 1.29 is 14.3 Å². The predicted octanol–water partition coefficient (Wildman–Crippen LogP) is 3.09. The first kappa shape index (κ1) is 16.0. The molecule has 0 saturated heterocycles. The highest BCUT2D eigenvalue weighted by Gasteiger charge is 2.27. The Bertz CT molecular complexity index is 492. The fourth-order valence-electron chi connectivity index (χ4n) is 2.90. The van der Waals surface area contributed by atoms with Gasteiger partial charge in [0.1, 0.15) is 11.5 Å². The number of benzene rings is 1. The summed E-state index contributed by atoms with van der Waals surface area (Å²) in [5.41, 5.74) is 0.497. The van der Waals surface area contributed by atoms with E-state index < -0.39 is 0 Å². The van der Waals surface area contributed by atoms with Gasteiger partial charge in [0.25, 0.3) is 5.91 Å². The van der Waals surface area contributed by atoms with Crippen LogP contribution in [0.1, 0.15) is 29.6 Å². The second-order valence-electron chi connectivity index (χ2n) is 5.38. The Labute approximate surface area is 130 Å². The number of methoxy groups -OCH3 is 2. The van der Waals surface area contributed by atoms with Crippen molar-refractivity contribution in [1.29, 1.82) is 0 Å². The van der Waals surface area contributed by atoms with Crippen LogP contribution < -0.4 is 14.8 Å². The average Bonchev–Trinajstić information content (AvgIpc) is 2.99. The van der Waals surface area contributed by atoms with Gasteiger partial charge in [-0.25, -0.2) is 0 Å². The van der Waals surface area contributed by atoms with Crippen LogP contribution in [0.15, 0.2) is 18.2 Å². The monoisotopic (exact) mass is 311 g/mol. The van der Waals surface area contributed by atoms with Gasteiger partial charge < -0.3 is 14.8 Å². The molecular weight excluding hydrogens is 290 g/mol. The zero-order valence-electron chi connectivity index (χ0n) is 12.5. The third kappa shape index (κ3) is 3.82. The summed E-state index contributed by atoms with van der Waals surface area (Å²) < 4.78 is 10.4. The van der Waals surface area contributed by atoms with E-state index in [1.807, 2.05) is 0 Å². The normalized spacial score (nSPS) is 21.1. The van der Waals surface area contributed by atoms with E-state index >= 15 is 0 Å². The lowest BCUT2D eigenvalue weighted by molar-refractivity contribution is 0.0941. The van der Waals surface area contributed by atoms with Crippen LogP contribution in [0.4, 0.5) is 0 Å². The van der Waals surface area contributed by atoms with Gasteiger partial charge in [0.05, 0.1) is 19.8 Å². The topological polar surface area (TPSA) is 47.6 Å². The highest BCUT2D eigenvalue weighted by atomic mass is 35.5. The Morgan fingerprint density at radius 2 is 2.05 bits per heavy atom. The van der Waals surface area contributed by atoms with Gasteiger partial charge in [-0.1, -0.05) is 6.42 Å². The molecule has 1 aliphatic carbocycles. The summed E-state index contributed by atoms with van der Waals surface area (Å²) in [5, 5.41) is 3.00. The van der Waals surface area contributed by atoms with Crippen LogP contribution in [0.25, 0.3) is 0 Å². The van der Waals surface area contributed by atoms with E-state index in [-0.39, 0.29) is 5.91 Å². The average molecular weight is 312 g/mol. The third-order valence-electron chi connectivity index (χ3n) is 4.19. The Morgan fingerprint density at radius 1 is 1.29 bits per heavy atom. The second-order valence-corrected chi connectivity index (χ2v) is 5.69. The molecule has 1 fully saturated rings. The van der Waals surface area contributed by atoms with Gasteiger partial charge in [-0.05, 0) is 42.9 Å². The van der Waals surface area contributed by atoms with E-state index in [4.69, 9.17) is 21.1 Å². The molecule has 1 aromatic rings. The van der Waals surface area contributed by atoms with Gasteiger partial charge in [0.2, 0.25) is 0 Å². The van der Waals surface area contributed by atoms with Crippen LogP contribution in [0.5, 0.6) is 11.5 Å². The van der Waals surface area contributed by atoms with E-state index in [0.29, 0.717) is 41.3 Å². The van der Waals surface area contributed by atoms with Crippen molar-refractivity contribution in [2.75, 3.05) is 26.6 Å². The molecule has 2 unspecified atom stereocenters. The van der Waals surface area contributed by atoms with Crippen LogP contribution in [0, 0.1) is 11.8 Å². The minimum atomic E-state index is -0.133. The maximum absolute atomic E-state index is 12.4. The van der Waals surface area contributed by atoms with Gasteiger partial charge in [0, 0.05) is 12.4 Å². The van der Waals surface area contributed by atoms with Crippen molar-refractivity contribution in [1.82, 2.24) is 5.32 Å². The molecular formula is C16H22ClNO3. The molecule has 1 amide bonds. The Balaban J connectivity index is 2.02. The highest BCUT2D eigenvalue weighted by Crippen LogP contribution is 2.32. The summed E-state index contributed by atoms with van der Waals surface area (Å²) in [6.45, 7) is 0.663. The standard InChI is InChI=1S/C16H22ClNO3/c1-20-13-6-7-15(21-2)14(8-13)16(19)18-10-12-5-3-4-11(12)9-17/h6-8,11-12H,3-5,9-10H2,1-2H3,(H,18,19). The number of amides is 1. The van der Waals surface area contributed by atoms with Gasteiger partial charge in [-0.2, -0.15) is 0 Å². The van der Waals surface area contributed by atoms with Crippen molar-refractivity contribution in [3.05, 3.63) is 23.8 Å². The maximum atomic E-state index is 12.4. The first-order valence-corrected chi connectivity index (χ1v) is 7.79. The molecule has 0 aromatic heterocycles. The Hall–Kier alpha value is -1.42. The number of carbonyl (C=O) groups is 1. The summed E-state index contributed by atoms with van der Waals surface area (Å²) in [7, 11) is 3.13. The van der Waals surface area contributed by atoms with Gasteiger partial charge in [0.15, 0.2) is 0 Å². The van der Waals surface area contributed by atoms with E-state index in [1.54, 1.807) is 32.4 Å². The molecule has 1 saturated carbocycles. The number of ether oxygens (including phenoxy) is 2. The minimum Gasteiger partial charge on any atom is -0.497 e. The molecule has 0 radical (unpaired) electrons. The first-order valence-electron chi connectivity index (χ1n) is 7.25. The lowest BCUT2D eigenvalue weighted by Crippen LogP contribution is -2.31. The number of nitrogens with one attached hydrogen (secondary N) is 1. The SMILES string of the molecule is COc1ccc(OC)c(C(=O)NCC2CCCC2CCl)c1. The van der Waals surface area contributed by atoms with Crippen LogP contribution in [0.2, 0.25) is 0 Å². The Morgan fingerprint density at radius 3 is 2.71 bits per heavy atom. The number of hydrogen-bond acceptors (Lipinski definition) is 3. The van der Waals surface area contributed by atoms with Crippen molar-refractivity contribution >= 4 is 17.5 Å². The molecule has 0 bridgehead atoms. The molecule has 116 valence electrons. The molecule has 1 aliphatic rings. The number of alkyl halides is 1. The molecule has 2 atom stereocenters. The second kappa shape index (κ2) is 7.55. The maximum Gasteiger partial charge on any atom is 0.255 e. The fraction of sp³-hybridized carbons (Fsp3) is 0.562. The summed E-state index contributed by atoms with van der Waals surface area (Å²) in [6, 6.07) is 5.21. The molecule has 1 aromatic carbocycles. The summed E-state index contributed by atoms with van der Waals surface area (Å²) in [6.07, 6.45) is 3.49. The molecule has 1 N–H and O–H groups in total. The Kier molecular flexibility index (Phi) is 5.74.